The van der Waals surface area contributed by atoms with Crippen LogP contribution in [0.4, 0.5) is 0 Å². The van der Waals surface area contributed by atoms with Crippen LogP contribution in [0.1, 0.15) is 445 Å². The first-order valence-corrected chi connectivity index (χ1v) is 45.8. The van der Waals surface area contributed by atoms with Gasteiger partial charge in [-0.15, -0.1) is 0 Å². The molecule has 0 spiro atoms. The molecule has 5 atom stereocenters. The number of phosphoric acid groups is 2. The zero-order valence-electron chi connectivity index (χ0n) is 65.9. The molecular formula is C82H160O17P2. The number of carbonyl (C=O) groups is 4. The van der Waals surface area contributed by atoms with Gasteiger partial charge in [-0.3, -0.25) is 37.3 Å². The maximum atomic E-state index is 13.1. The third-order valence-corrected chi connectivity index (χ3v) is 21.3. The van der Waals surface area contributed by atoms with Crippen molar-refractivity contribution in [1.82, 2.24) is 0 Å². The van der Waals surface area contributed by atoms with E-state index in [4.69, 9.17) is 37.0 Å². The first-order valence-electron chi connectivity index (χ1n) is 42.8. The van der Waals surface area contributed by atoms with Gasteiger partial charge in [-0.2, -0.15) is 0 Å². The van der Waals surface area contributed by atoms with E-state index < -0.39 is 97.5 Å². The molecule has 0 amide bonds. The number of phosphoric ester groups is 2. The molecule has 2 unspecified atom stereocenters. The molecule has 101 heavy (non-hydrogen) atoms. The van der Waals surface area contributed by atoms with Crippen molar-refractivity contribution in [1.29, 1.82) is 0 Å². The van der Waals surface area contributed by atoms with Gasteiger partial charge in [0.1, 0.15) is 19.3 Å². The lowest BCUT2D eigenvalue weighted by atomic mass is 10.0. The molecule has 0 aliphatic heterocycles. The summed E-state index contributed by atoms with van der Waals surface area (Å²) in [5.41, 5.74) is 0. The molecule has 0 aromatic heterocycles. The Kier molecular flexibility index (Phi) is 74.8. The highest BCUT2D eigenvalue weighted by Gasteiger charge is 2.30. The van der Waals surface area contributed by atoms with Crippen LogP contribution in [0.25, 0.3) is 0 Å². The van der Waals surface area contributed by atoms with Gasteiger partial charge in [0.15, 0.2) is 12.2 Å². The summed E-state index contributed by atoms with van der Waals surface area (Å²) in [6, 6.07) is 0. The average molecular weight is 1480 g/mol. The average Bonchev–Trinajstić information content (AvgIpc) is 0.976. The monoisotopic (exact) mass is 1480 g/mol. The van der Waals surface area contributed by atoms with Gasteiger partial charge in [0, 0.05) is 25.7 Å². The first kappa shape index (κ1) is 99.1. The van der Waals surface area contributed by atoms with Crippen molar-refractivity contribution >= 4 is 39.5 Å². The number of ether oxygens (including phenoxy) is 4. The lowest BCUT2D eigenvalue weighted by molar-refractivity contribution is -0.161. The topological polar surface area (TPSA) is 237 Å². The minimum atomic E-state index is -4.96. The summed E-state index contributed by atoms with van der Waals surface area (Å²) in [5, 5.41) is 10.6. The molecule has 0 aliphatic carbocycles. The van der Waals surface area contributed by atoms with Gasteiger partial charge in [0.05, 0.1) is 26.4 Å². The van der Waals surface area contributed by atoms with Crippen LogP contribution in [0.2, 0.25) is 0 Å². The minimum absolute atomic E-state index is 0.109. The van der Waals surface area contributed by atoms with Crippen LogP contribution in [0.5, 0.6) is 0 Å². The van der Waals surface area contributed by atoms with Gasteiger partial charge in [-0.25, -0.2) is 9.13 Å². The van der Waals surface area contributed by atoms with E-state index in [-0.39, 0.29) is 25.7 Å². The highest BCUT2D eigenvalue weighted by Crippen LogP contribution is 2.45. The summed E-state index contributed by atoms with van der Waals surface area (Å²) < 4.78 is 68.7. The quantitative estimate of drug-likeness (QED) is 0.0222. The standard InChI is InChI=1S/C82H160O17P2/c1-5-9-13-17-21-25-28-31-34-36-37-38-39-40-41-44-47-50-53-57-61-65-69-82(87)99-78(73-93-80(85)67-63-59-55-51-48-45-43-35-32-29-26-22-18-14-10-6-2)75-97-101(90,91)95-71-76(83)70-94-100(88,89)96-74-77(72-92-79(84)66-62-58-54-24-20-16-12-8-4)98-81(86)68-64-60-56-52-49-46-42-33-30-27-23-19-15-11-7-3/h76-78,83H,5-75H2,1-4H3,(H,88,89)(H,90,91)/t76-,77+,78+/m0/s1. The van der Waals surface area contributed by atoms with Gasteiger partial charge in [0.25, 0.3) is 0 Å². The Morgan fingerprint density at radius 1 is 0.238 bits per heavy atom. The lowest BCUT2D eigenvalue weighted by Gasteiger charge is -2.21. The van der Waals surface area contributed by atoms with Crippen molar-refractivity contribution in [2.24, 2.45) is 0 Å². The molecule has 0 radical (unpaired) electrons. The number of hydrogen-bond donors (Lipinski definition) is 3. The molecule has 0 aliphatic rings. The van der Waals surface area contributed by atoms with E-state index in [1.54, 1.807) is 0 Å². The lowest BCUT2D eigenvalue weighted by Crippen LogP contribution is -2.30. The van der Waals surface area contributed by atoms with E-state index in [0.29, 0.717) is 25.7 Å². The van der Waals surface area contributed by atoms with Crippen LogP contribution in [-0.4, -0.2) is 96.7 Å². The summed E-state index contributed by atoms with van der Waals surface area (Å²) in [6.07, 6.45) is 69.5. The summed E-state index contributed by atoms with van der Waals surface area (Å²) in [4.78, 5) is 73.0. The molecule has 0 saturated carbocycles. The number of rotatable bonds is 83. The Balaban J connectivity index is 5.17. The third kappa shape index (κ3) is 76.1. The Hall–Kier alpha value is -1.94. The van der Waals surface area contributed by atoms with E-state index in [0.717, 1.165) is 89.9 Å². The normalized spacial score (nSPS) is 13.8. The second kappa shape index (κ2) is 76.3. The minimum Gasteiger partial charge on any atom is -0.462 e. The first-order chi connectivity index (χ1) is 49.2. The molecule has 19 heteroatoms. The molecule has 0 aromatic rings. The molecule has 0 fully saturated rings. The van der Waals surface area contributed by atoms with Crippen LogP contribution >= 0.6 is 15.6 Å². The predicted octanol–water partition coefficient (Wildman–Crippen LogP) is 25.0. The molecule has 0 heterocycles. The predicted molar refractivity (Wildman–Crippen MR) is 414 cm³/mol. The Bertz CT molecular complexity index is 1910. The zero-order chi connectivity index (χ0) is 73.9. The highest BCUT2D eigenvalue weighted by molar-refractivity contribution is 7.47. The van der Waals surface area contributed by atoms with E-state index in [2.05, 4.69) is 27.7 Å². The third-order valence-electron chi connectivity index (χ3n) is 19.4. The molecular weight excluding hydrogens is 1320 g/mol. The van der Waals surface area contributed by atoms with Crippen LogP contribution in [0, 0.1) is 0 Å². The van der Waals surface area contributed by atoms with Crippen molar-refractivity contribution < 1.29 is 80.2 Å². The van der Waals surface area contributed by atoms with E-state index in [9.17, 15) is 43.2 Å². The van der Waals surface area contributed by atoms with Crippen molar-refractivity contribution in [3.05, 3.63) is 0 Å². The van der Waals surface area contributed by atoms with Crippen molar-refractivity contribution in [3.8, 4) is 0 Å². The molecule has 0 saturated heterocycles. The number of hydrogen-bond acceptors (Lipinski definition) is 15. The fourth-order valence-electron chi connectivity index (χ4n) is 12.8. The van der Waals surface area contributed by atoms with Crippen LogP contribution < -0.4 is 0 Å². The smallest absolute Gasteiger partial charge is 0.462 e. The number of esters is 4. The maximum absolute atomic E-state index is 13.1. The molecule has 600 valence electrons. The fourth-order valence-corrected chi connectivity index (χ4v) is 14.4. The van der Waals surface area contributed by atoms with Crippen molar-refractivity contribution in [2.45, 2.75) is 463 Å². The van der Waals surface area contributed by atoms with Crippen LogP contribution in [0.15, 0.2) is 0 Å². The summed E-state index contributed by atoms with van der Waals surface area (Å²) in [7, 11) is -9.91. The molecule has 17 nitrogen and oxygen atoms in total. The number of aliphatic hydroxyl groups excluding tert-OH is 1. The van der Waals surface area contributed by atoms with Crippen LogP contribution in [0.3, 0.4) is 0 Å². The second-order valence-corrected chi connectivity index (χ2v) is 32.4. The zero-order valence-corrected chi connectivity index (χ0v) is 67.7. The van der Waals surface area contributed by atoms with E-state index >= 15 is 0 Å². The number of aliphatic hydroxyl groups is 1. The van der Waals surface area contributed by atoms with Crippen molar-refractivity contribution in [3.63, 3.8) is 0 Å². The van der Waals surface area contributed by atoms with Crippen LogP contribution in [-0.2, 0) is 65.4 Å². The second-order valence-electron chi connectivity index (χ2n) is 29.5. The largest absolute Gasteiger partial charge is 0.472 e. The number of carbonyl (C=O) groups excluding carboxylic acids is 4. The Morgan fingerprint density at radius 3 is 0.584 bits per heavy atom. The molecule has 0 rings (SSSR count). The highest BCUT2D eigenvalue weighted by atomic mass is 31.2. The SMILES string of the molecule is CCCCCCCCCCCCCCCCCCCCCCCCC(=O)O[C@H](COC(=O)CCCCCCCCCCCCCCCCCC)COP(=O)(O)OC[C@@H](O)COP(=O)(O)OC[C@@H](COC(=O)CCCCCCCCCC)OC(=O)CCCCCCCCCCCCCCCCC. The van der Waals surface area contributed by atoms with Gasteiger partial charge in [0.2, 0.25) is 0 Å². The Labute approximate surface area is 619 Å². The van der Waals surface area contributed by atoms with Gasteiger partial charge >= 0.3 is 39.5 Å². The summed E-state index contributed by atoms with van der Waals surface area (Å²) in [6.45, 7) is 5.01. The maximum Gasteiger partial charge on any atom is 0.472 e. The number of unbranched alkanes of at least 4 members (excludes halogenated alkanes) is 57. The van der Waals surface area contributed by atoms with E-state index in [1.165, 1.54) is 276 Å². The summed E-state index contributed by atoms with van der Waals surface area (Å²) >= 11 is 0. The molecule has 0 aromatic carbocycles. The fraction of sp³-hybridized carbons (Fsp3) is 0.951. The van der Waals surface area contributed by atoms with E-state index in [1.807, 2.05) is 0 Å². The van der Waals surface area contributed by atoms with Gasteiger partial charge in [-0.05, 0) is 25.7 Å². The molecule has 3 N–H and O–H groups in total. The van der Waals surface area contributed by atoms with Crippen molar-refractivity contribution in [2.75, 3.05) is 39.6 Å². The van der Waals surface area contributed by atoms with Gasteiger partial charge < -0.3 is 33.8 Å². The van der Waals surface area contributed by atoms with Gasteiger partial charge in [-0.1, -0.05) is 394 Å². The summed E-state index contributed by atoms with van der Waals surface area (Å²) in [5.74, 6) is -2.11. The Morgan fingerprint density at radius 2 is 0.396 bits per heavy atom. The molecule has 0 bridgehead atoms.